The van der Waals surface area contributed by atoms with Crippen LogP contribution >= 0.6 is 0 Å². The summed E-state index contributed by atoms with van der Waals surface area (Å²) in [4.78, 5) is 37.5. The molecule has 2 aromatic rings. The number of benzene rings is 1. The summed E-state index contributed by atoms with van der Waals surface area (Å²) in [7, 11) is 0. The second-order valence-corrected chi connectivity index (χ2v) is 5.46. The van der Waals surface area contributed by atoms with Crippen molar-refractivity contribution in [2.24, 2.45) is 0 Å². The first kappa shape index (κ1) is 19.7. The van der Waals surface area contributed by atoms with Gasteiger partial charge in [-0.3, -0.25) is 9.59 Å². The first-order valence-electron chi connectivity index (χ1n) is 8.16. The maximum Gasteiger partial charge on any atom is 0.338 e. The number of ether oxygens (including phenoxy) is 1. The van der Waals surface area contributed by atoms with Crippen LogP contribution in [0.2, 0.25) is 0 Å². The minimum absolute atomic E-state index is 0.181. The average molecular weight is 368 g/mol. The smallest absolute Gasteiger partial charge is 0.338 e. The van der Waals surface area contributed by atoms with Crippen LogP contribution in [0.5, 0.6) is 0 Å². The molecule has 0 unspecified atom stereocenters. The Bertz CT molecular complexity index is 799. The van der Waals surface area contributed by atoms with Gasteiger partial charge in [-0.2, -0.15) is 0 Å². The van der Waals surface area contributed by atoms with Gasteiger partial charge in [-0.25, -0.2) is 4.79 Å². The van der Waals surface area contributed by atoms with Crippen molar-refractivity contribution < 1.29 is 23.5 Å². The molecule has 2 rings (SSSR count). The number of hydrogen-bond acceptors (Lipinski definition) is 5. The molecular weight excluding hydrogens is 348 g/mol. The summed E-state index contributed by atoms with van der Waals surface area (Å²) < 4.78 is 10.0. The summed E-state index contributed by atoms with van der Waals surface area (Å²) in [5.41, 5.74) is 0.755. The lowest BCUT2D eigenvalue weighted by Crippen LogP contribution is -2.35. The Morgan fingerprint density at radius 3 is 2.30 bits per heavy atom. The van der Waals surface area contributed by atoms with Crippen LogP contribution in [0.3, 0.4) is 0 Å². The molecule has 140 valence electrons. The second-order valence-electron chi connectivity index (χ2n) is 5.46. The van der Waals surface area contributed by atoms with Gasteiger partial charge in [-0.15, -0.1) is 13.2 Å². The fourth-order valence-electron chi connectivity index (χ4n) is 2.18. The molecule has 1 aromatic carbocycles. The number of nitrogens with one attached hydrogen (secondary N) is 1. The number of esters is 1. The maximum absolute atomic E-state index is 12.1. The van der Waals surface area contributed by atoms with Crippen molar-refractivity contribution in [3.63, 3.8) is 0 Å². The van der Waals surface area contributed by atoms with Gasteiger partial charge in [-0.1, -0.05) is 12.2 Å². The molecule has 0 saturated carbocycles. The van der Waals surface area contributed by atoms with Crippen molar-refractivity contribution >= 4 is 23.5 Å². The van der Waals surface area contributed by atoms with Gasteiger partial charge >= 0.3 is 5.97 Å². The van der Waals surface area contributed by atoms with Crippen LogP contribution in [0.25, 0.3) is 0 Å². The van der Waals surface area contributed by atoms with Crippen LogP contribution in [-0.4, -0.2) is 42.4 Å². The molecule has 7 heteroatoms. The molecule has 0 aliphatic carbocycles. The van der Waals surface area contributed by atoms with Crippen LogP contribution in [0.4, 0.5) is 5.69 Å². The SMILES string of the molecule is C=CCN(CC=C)C(=O)COC(=O)c1ccc(NC(=O)c2ccco2)cc1. The van der Waals surface area contributed by atoms with E-state index in [-0.39, 0.29) is 23.8 Å². The molecule has 0 aliphatic rings. The minimum Gasteiger partial charge on any atom is -0.459 e. The van der Waals surface area contributed by atoms with E-state index in [2.05, 4.69) is 18.5 Å². The Hall–Kier alpha value is -3.61. The molecular formula is C20H20N2O5. The van der Waals surface area contributed by atoms with E-state index in [1.807, 2.05) is 0 Å². The summed E-state index contributed by atoms with van der Waals surface area (Å²) in [6.45, 7) is 7.46. The van der Waals surface area contributed by atoms with Gasteiger partial charge < -0.3 is 19.4 Å². The van der Waals surface area contributed by atoms with Gasteiger partial charge in [0.2, 0.25) is 0 Å². The Kier molecular flexibility index (Phi) is 7.13. The normalized spacial score (nSPS) is 9.93. The van der Waals surface area contributed by atoms with E-state index in [9.17, 15) is 14.4 Å². The van der Waals surface area contributed by atoms with Crippen molar-refractivity contribution in [3.05, 3.63) is 79.3 Å². The van der Waals surface area contributed by atoms with E-state index in [0.29, 0.717) is 18.8 Å². The number of hydrogen-bond donors (Lipinski definition) is 1. The minimum atomic E-state index is -0.635. The van der Waals surface area contributed by atoms with Crippen molar-refractivity contribution in [2.45, 2.75) is 0 Å². The molecule has 1 aromatic heterocycles. The molecule has 7 nitrogen and oxygen atoms in total. The van der Waals surface area contributed by atoms with Crippen molar-refractivity contribution in [2.75, 3.05) is 25.0 Å². The zero-order valence-electron chi connectivity index (χ0n) is 14.7. The molecule has 0 saturated heterocycles. The Labute approximate surface area is 156 Å². The fourth-order valence-corrected chi connectivity index (χ4v) is 2.18. The van der Waals surface area contributed by atoms with E-state index in [1.54, 1.807) is 36.4 Å². The maximum atomic E-state index is 12.1. The lowest BCUT2D eigenvalue weighted by atomic mass is 10.2. The number of amides is 2. The third kappa shape index (κ3) is 5.71. The fraction of sp³-hybridized carbons (Fsp3) is 0.150. The highest BCUT2D eigenvalue weighted by atomic mass is 16.5. The van der Waals surface area contributed by atoms with Gasteiger partial charge in [0.1, 0.15) is 0 Å². The lowest BCUT2D eigenvalue weighted by Gasteiger charge is -2.18. The lowest BCUT2D eigenvalue weighted by molar-refractivity contribution is -0.133. The number of anilines is 1. The predicted octanol–water partition coefficient (Wildman–Crippen LogP) is 2.89. The number of carbonyl (C=O) groups is 3. The highest BCUT2D eigenvalue weighted by Crippen LogP contribution is 2.12. The molecule has 27 heavy (non-hydrogen) atoms. The van der Waals surface area contributed by atoms with Crippen LogP contribution in [0.15, 0.2) is 72.4 Å². The molecule has 2 amide bonds. The van der Waals surface area contributed by atoms with Gasteiger partial charge in [-0.05, 0) is 36.4 Å². The number of nitrogens with zero attached hydrogens (tertiary/aromatic N) is 1. The number of rotatable bonds is 9. The molecule has 1 heterocycles. The Morgan fingerprint density at radius 1 is 1.07 bits per heavy atom. The largest absolute Gasteiger partial charge is 0.459 e. The average Bonchev–Trinajstić information content (AvgIpc) is 3.21. The highest BCUT2D eigenvalue weighted by Gasteiger charge is 2.15. The zero-order chi connectivity index (χ0) is 19.6. The zero-order valence-corrected chi connectivity index (χ0v) is 14.7. The van der Waals surface area contributed by atoms with Crippen LogP contribution in [0, 0.1) is 0 Å². The van der Waals surface area contributed by atoms with E-state index in [0.717, 1.165) is 0 Å². The molecule has 0 aliphatic heterocycles. The summed E-state index contributed by atoms with van der Waals surface area (Å²) in [5, 5.41) is 2.64. The number of furan rings is 1. The topological polar surface area (TPSA) is 88.9 Å². The predicted molar refractivity (Wildman–Crippen MR) is 100 cm³/mol. The Balaban J connectivity index is 1.89. The van der Waals surface area contributed by atoms with Crippen molar-refractivity contribution in [1.82, 2.24) is 4.90 Å². The third-order valence-electron chi connectivity index (χ3n) is 3.50. The van der Waals surface area contributed by atoms with E-state index in [1.165, 1.54) is 23.3 Å². The highest BCUT2D eigenvalue weighted by molar-refractivity contribution is 6.02. The number of carbonyl (C=O) groups excluding carboxylic acids is 3. The summed E-state index contributed by atoms with van der Waals surface area (Å²) in [5.74, 6) is -1.19. The summed E-state index contributed by atoms with van der Waals surface area (Å²) in [6.07, 6.45) is 4.57. The van der Waals surface area contributed by atoms with Crippen LogP contribution in [-0.2, 0) is 9.53 Å². The summed E-state index contributed by atoms with van der Waals surface area (Å²) in [6, 6.07) is 9.26. The summed E-state index contributed by atoms with van der Waals surface area (Å²) >= 11 is 0. The third-order valence-corrected chi connectivity index (χ3v) is 3.50. The molecule has 1 N–H and O–H groups in total. The van der Waals surface area contributed by atoms with E-state index < -0.39 is 11.9 Å². The van der Waals surface area contributed by atoms with Gasteiger partial charge in [0.05, 0.1) is 11.8 Å². The van der Waals surface area contributed by atoms with Crippen molar-refractivity contribution in [1.29, 1.82) is 0 Å². The first-order valence-corrected chi connectivity index (χ1v) is 8.16. The standard InChI is InChI=1S/C20H20N2O5/c1-3-11-22(12-4-2)18(23)14-27-20(25)15-7-9-16(10-8-15)21-19(24)17-6-5-13-26-17/h3-10,13H,1-2,11-12,14H2,(H,21,24). The molecule has 0 atom stereocenters. The Morgan fingerprint density at radius 2 is 1.74 bits per heavy atom. The van der Waals surface area contributed by atoms with E-state index in [4.69, 9.17) is 9.15 Å². The van der Waals surface area contributed by atoms with Gasteiger partial charge in [0.25, 0.3) is 11.8 Å². The molecule has 0 bridgehead atoms. The van der Waals surface area contributed by atoms with Gasteiger partial charge in [0.15, 0.2) is 12.4 Å². The van der Waals surface area contributed by atoms with Crippen LogP contribution in [0.1, 0.15) is 20.9 Å². The molecule has 0 fully saturated rings. The molecule has 0 radical (unpaired) electrons. The second kappa shape index (κ2) is 9.76. The monoisotopic (exact) mass is 368 g/mol. The molecule has 0 spiro atoms. The van der Waals surface area contributed by atoms with Gasteiger partial charge in [0, 0.05) is 18.8 Å². The first-order chi connectivity index (χ1) is 13.0. The van der Waals surface area contributed by atoms with E-state index >= 15 is 0 Å². The van der Waals surface area contributed by atoms with Crippen molar-refractivity contribution in [3.8, 4) is 0 Å². The quantitative estimate of drug-likeness (QED) is 0.543. The van der Waals surface area contributed by atoms with Crippen LogP contribution < -0.4 is 5.32 Å².